The van der Waals surface area contributed by atoms with Gasteiger partial charge in [0.25, 0.3) is 0 Å². The number of terminal acetylenes is 1. The van der Waals surface area contributed by atoms with Gasteiger partial charge < -0.3 is 14.6 Å². The molecule has 3 nitrogen and oxygen atoms in total. The Labute approximate surface area is 146 Å². The van der Waals surface area contributed by atoms with E-state index >= 15 is 0 Å². The lowest BCUT2D eigenvalue weighted by atomic mass is 9.99. The molecular weight excluding hydrogens is 312 g/mol. The van der Waals surface area contributed by atoms with Crippen LogP contribution < -0.4 is 9.47 Å². The van der Waals surface area contributed by atoms with Gasteiger partial charge in [-0.15, -0.1) is 0 Å². The van der Waals surface area contributed by atoms with Crippen molar-refractivity contribution in [1.82, 2.24) is 0 Å². The van der Waals surface area contributed by atoms with E-state index in [-0.39, 0.29) is 0 Å². The number of hydrogen-bond donors (Lipinski definition) is 1. The molecule has 120 valence electrons. The molecule has 0 aliphatic heterocycles. The SMILES string of the molecule is C#COc1ccc(-c2cccc(-c3ccc(OC#CO)cc3)c2)cc1. The van der Waals surface area contributed by atoms with E-state index in [9.17, 15) is 0 Å². The third kappa shape index (κ3) is 3.93. The fraction of sp³-hybridized carbons (Fsp3) is 0. The number of ether oxygens (including phenoxy) is 2. The first-order valence-electron chi connectivity index (χ1n) is 7.54. The monoisotopic (exact) mass is 326 g/mol. The standard InChI is InChI=1S/C22H14O3/c1-2-24-21-10-6-17(7-11-21)19-4-3-5-20(16-19)18-8-12-22(13-9-18)25-15-14-23/h1,3-13,16,23H. The molecule has 0 fully saturated rings. The summed E-state index contributed by atoms with van der Waals surface area (Å²) in [6, 6.07) is 23.3. The third-order valence-electron chi connectivity index (χ3n) is 3.63. The smallest absolute Gasteiger partial charge is 0.160 e. The van der Waals surface area contributed by atoms with Crippen LogP contribution >= 0.6 is 0 Å². The predicted octanol–water partition coefficient (Wildman–Crippen LogP) is 4.66. The molecule has 0 bridgehead atoms. The normalized spacial score (nSPS) is 9.40. The molecule has 3 heteroatoms. The van der Waals surface area contributed by atoms with Crippen molar-refractivity contribution < 1.29 is 14.6 Å². The van der Waals surface area contributed by atoms with Crippen molar-refractivity contribution in [3.8, 4) is 58.5 Å². The zero-order valence-corrected chi connectivity index (χ0v) is 13.3. The Morgan fingerprint density at radius 3 is 1.68 bits per heavy atom. The zero-order valence-electron chi connectivity index (χ0n) is 13.3. The fourth-order valence-electron chi connectivity index (χ4n) is 2.46. The minimum absolute atomic E-state index is 0.575. The molecule has 0 aliphatic carbocycles. The second-order valence-corrected chi connectivity index (χ2v) is 5.17. The molecule has 0 spiro atoms. The van der Waals surface area contributed by atoms with Gasteiger partial charge in [0.15, 0.2) is 12.2 Å². The maximum absolute atomic E-state index is 8.44. The highest BCUT2D eigenvalue weighted by Crippen LogP contribution is 2.28. The Kier molecular flexibility index (Phi) is 4.90. The Morgan fingerprint density at radius 2 is 1.20 bits per heavy atom. The predicted molar refractivity (Wildman–Crippen MR) is 97.1 cm³/mol. The number of aliphatic hydroxyl groups excluding tert-OH is 1. The molecule has 0 unspecified atom stereocenters. The summed E-state index contributed by atoms with van der Waals surface area (Å²) >= 11 is 0. The summed E-state index contributed by atoms with van der Waals surface area (Å²) in [5.74, 6) is 1.22. The van der Waals surface area contributed by atoms with Gasteiger partial charge in [-0.05, 0) is 52.6 Å². The number of rotatable bonds is 4. The van der Waals surface area contributed by atoms with Gasteiger partial charge in [-0.1, -0.05) is 48.9 Å². The maximum atomic E-state index is 8.44. The van der Waals surface area contributed by atoms with Crippen molar-refractivity contribution in [3.63, 3.8) is 0 Å². The van der Waals surface area contributed by atoms with Crippen LogP contribution in [-0.2, 0) is 0 Å². The van der Waals surface area contributed by atoms with Crippen LogP contribution in [-0.4, -0.2) is 5.11 Å². The molecule has 3 aromatic rings. The zero-order chi connectivity index (χ0) is 17.5. The van der Waals surface area contributed by atoms with Crippen molar-refractivity contribution in [2.45, 2.75) is 0 Å². The molecule has 0 aliphatic rings. The number of benzene rings is 3. The van der Waals surface area contributed by atoms with Crippen molar-refractivity contribution in [2.24, 2.45) is 0 Å². The van der Waals surface area contributed by atoms with Gasteiger partial charge in [-0.2, -0.15) is 0 Å². The third-order valence-corrected chi connectivity index (χ3v) is 3.63. The van der Waals surface area contributed by atoms with E-state index in [1.54, 1.807) is 18.2 Å². The molecule has 0 amide bonds. The fourth-order valence-corrected chi connectivity index (χ4v) is 2.46. The van der Waals surface area contributed by atoms with Crippen LogP contribution in [0.2, 0.25) is 0 Å². The van der Waals surface area contributed by atoms with Gasteiger partial charge in [0.1, 0.15) is 17.6 Å². The van der Waals surface area contributed by atoms with E-state index in [1.165, 1.54) is 0 Å². The van der Waals surface area contributed by atoms with Crippen LogP contribution in [0.25, 0.3) is 22.3 Å². The van der Waals surface area contributed by atoms with E-state index < -0.39 is 0 Å². The maximum Gasteiger partial charge on any atom is 0.160 e. The topological polar surface area (TPSA) is 38.7 Å². The summed E-state index contributed by atoms with van der Waals surface area (Å²) in [6.07, 6.45) is 11.1. The summed E-state index contributed by atoms with van der Waals surface area (Å²) in [6.45, 7) is 0. The molecular formula is C22H14O3. The summed E-state index contributed by atoms with van der Waals surface area (Å²) < 4.78 is 10.1. The quantitative estimate of drug-likeness (QED) is 0.709. The van der Waals surface area contributed by atoms with E-state index in [4.69, 9.17) is 21.0 Å². The minimum Gasteiger partial charge on any atom is -0.460 e. The first kappa shape index (κ1) is 16.1. The Morgan fingerprint density at radius 1 is 0.680 bits per heavy atom. The molecule has 0 saturated heterocycles. The van der Waals surface area contributed by atoms with Crippen molar-refractivity contribution in [3.05, 3.63) is 72.8 Å². The Balaban J connectivity index is 1.85. The van der Waals surface area contributed by atoms with Crippen molar-refractivity contribution in [2.75, 3.05) is 0 Å². The van der Waals surface area contributed by atoms with Gasteiger partial charge in [0, 0.05) is 0 Å². The van der Waals surface area contributed by atoms with Gasteiger partial charge in [0.2, 0.25) is 0 Å². The van der Waals surface area contributed by atoms with Crippen LogP contribution in [0.3, 0.4) is 0 Å². The van der Waals surface area contributed by atoms with Crippen LogP contribution in [0, 0.1) is 24.7 Å². The highest BCUT2D eigenvalue weighted by atomic mass is 16.5. The second kappa shape index (κ2) is 7.64. The average Bonchev–Trinajstić information content (AvgIpc) is 2.68. The number of aliphatic hydroxyl groups is 1. The van der Waals surface area contributed by atoms with Crippen LogP contribution in [0.15, 0.2) is 72.8 Å². The Bertz CT molecular complexity index is 953. The molecule has 0 atom stereocenters. The molecule has 0 saturated carbocycles. The van der Waals surface area contributed by atoms with E-state index in [0.29, 0.717) is 11.5 Å². The summed E-state index contributed by atoms with van der Waals surface area (Å²) in [4.78, 5) is 0. The Hall–Kier alpha value is -3.82. The highest BCUT2D eigenvalue weighted by Gasteiger charge is 2.03. The van der Waals surface area contributed by atoms with Crippen molar-refractivity contribution in [1.29, 1.82) is 0 Å². The summed E-state index contributed by atoms with van der Waals surface area (Å²) in [5.41, 5.74) is 4.31. The molecule has 25 heavy (non-hydrogen) atoms. The van der Waals surface area contributed by atoms with Gasteiger partial charge >= 0.3 is 0 Å². The lowest BCUT2D eigenvalue weighted by Crippen LogP contribution is -1.85. The van der Waals surface area contributed by atoms with Gasteiger partial charge in [0.05, 0.1) is 0 Å². The molecule has 3 aromatic carbocycles. The van der Waals surface area contributed by atoms with Gasteiger partial charge in [-0.3, -0.25) is 0 Å². The molecule has 0 aromatic heterocycles. The second-order valence-electron chi connectivity index (χ2n) is 5.17. The van der Waals surface area contributed by atoms with Crippen molar-refractivity contribution >= 4 is 0 Å². The van der Waals surface area contributed by atoms with Gasteiger partial charge in [-0.25, -0.2) is 0 Å². The first-order valence-corrected chi connectivity index (χ1v) is 7.54. The van der Waals surface area contributed by atoms with E-state index in [0.717, 1.165) is 22.3 Å². The number of hydrogen-bond acceptors (Lipinski definition) is 3. The van der Waals surface area contributed by atoms with Crippen LogP contribution in [0.1, 0.15) is 0 Å². The summed E-state index contributed by atoms with van der Waals surface area (Å²) in [7, 11) is 0. The lowest BCUT2D eigenvalue weighted by molar-refractivity contribution is 0.476. The first-order chi connectivity index (χ1) is 12.3. The van der Waals surface area contributed by atoms with Crippen LogP contribution in [0.4, 0.5) is 0 Å². The minimum atomic E-state index is 0.575. The molecule has 3 rings (SSSR count). The lowest BCUT2D eigenvalue weighted by Gasteiger charge is -2.07. The van der Waals surface area contributed by atoms with E-state index in [2.05, 4.69) is 24.3 Å². The highest BCUT2D eigenvalue weighted by molar-refractivity contribution is 5.73. The average molecular weight is 326 g/mol. The molecule has 1 N–H and O–H groups in total. The largest absolute Gasteiger partial charge is 0.460 e. The molecule has 0 heterocycles. The van der Waals surface area contributed by atoms with E-state index in [1.807, 2.05) is 48.5 Å². The van der Waals surface area contributed by atoms with Crippen LogP contribution in [0.5, 0.6) is 11.5 Å². The molecule has 0 radical (unpaired) electrons. The summed E-state index contributed by atoms with van der Waals surface area (Å²) in [5, 5.41) is 8.44.